The normalized spacial score (nSPS) is 11.6. The molecule has 0 aromatic heterocycles. The smallest absolute Gasteiger partial charge is 0.139 e. The molecule has 3 aromatic rings. The van der Waals surface area contributed by atoms with Gasteiger partial charge in [0.1, 0.15) is 23.1 Å². The van der Waals surface area contributed by atoms with Crippen LogP contribution < -0.4 is 16.4 Å². The van der Waals surface area contributed by atoms with E-state index in [1.807, 2.05) is 48.5 Å². The molecule has 0 atom stereocenters. The number of nitriles is 2. The van der Waals surface area contributed by atoms with E-state index in [4.69, 9.17) is 16.4 Å². The van der Waals surface area contributed by atoms with Gasteiger partial charge in [0.15, 0.2) is 0 Å². The van der Waals surface area contributed by atoms with Crippen molar-refractivity contribution in [3.05, 3.63) is 47.0 Å². The second-order valence-corrected chi connectivity index (χ2v) is 4.16. The molecular formula is C15H8N4. The van der Waals surface area contributed by atoms with Crippen molar-refractivity contribution in [2.75, 3.05) is 0 Å². The van der Waals surface area contributed by atoms with Crippen LogP contribution >= 0.6 is 0 Å². The summed E-state index contributed by atoms with van der Waals surface area (Å²) in [6.07, 6.45) is 0. The lowest BCUT2D eigenvalue weighted by atomic mass is 10.1. The number of nitrogens with two attached hydrogens (primary N) is 1. The van der Waals surface area contributed by atoms with Crippen molar-refractivity contribution in [3.8, 4) is 12.1 Å². The third-order valence-electron chi connectivity index (χ3n) is 3.27. The third kappa shape index (κ3) is 1.34. The lowest BCUT2D eigenvalue weighted by molar-refractivity contribution is 1.15. The zero-order valence-electron chi connectivity index (χ0n) is 9.88. The van der Waals surface area contributed by atoms with Crippen LogP contribution in [0.4, 0.5) is 0 Å². The first-order chi connectivity index (χ1) is 9.31. The molecule has 0 bridgehead atoms. The average Bonchev–Trinajstić information content (AvgIpc) is 2.77. The molecule has 0 unspecified atom stereocenters. The van der Waals surface area contributed by atoms with Crippen LogP contribution in [0.25, 0.3) is 27.1 Å². The average molecular weight is 244 g/mol. The Labute approximate surface area is 108 Å². The van der Waals surface area contributed by atoms with Crippen LogP contribution in [0, 0.1) is 22.7 Å². The van der Waals surface area contributed by atoms with Gasteiger partial charge >= 0.3 is 0 Å². The van der Waals surface area contributed by atoms with E-state index in [1.54, 1.807) is 0 Å². The van der Waals surface area contributed by atoms with E-state index in [1.165, 1.54) is 0 Å². The molecule has 88 valence electrons. The molecule has 0 spiro atoms. The molecule has 0 saturated carbocycles. The van der Waals surface area contributed by atoms with Crippen molar-refractivity contribution < 1.29 is 0 Å². The van der Waals surface area contributed by atoms with Gasteiger partial charge in [-0.3, -0.25) is 0 Å². The van der Waals surface area contributed by atoms with Crippen LogP contribution in [0.3, 0.4) is 0 Å². The van der Waals surface area contributed by atoms with Crippen molar-refractivity contribution in [3.63, 3.8) is 0 Å². The van der Waals surface area contributed by atoms with Crippen molar-refractivity contribution in [1.82, 2.24) is 0 Å². The predicted molar refractivity (Wildman–Crippen MR) is 72.2 cm³/mol. The summed E-state index contributed by atoms with van der Waals surface area (Å²) in [5, 5.41) is 26.8. The number of hydrogen-bond acceptors (Lipinski definition) is 4. The summed E-state index contributed by atoms with van der Waals surface area (Å²) in [5.41, 5.74) is 0.0351. The highest BCUT2D eigenvalue weighted by Gasteiger charge is 2.12. The van der Waals surface area contributed by atoms with Crippen molar-refractivity contribution in [2.45, 2.75) is 0 Å². The Morgan fingerprint density at radius 3 is 2.21 bits per heavy atom. The molecule has 0 amide bonds. The van der Waals surface area contributed by atoms with E-state index < -0.39 is 0 Å². The molecule has 2 N–H and O–H groups in total. The van der Waals surface area contributed by atoms with Crippen LogP contribution in [-0.2, 0) is 0 Å². The summed E-state index contributed by atoms with van der Waals surface area (Å²) in [6, 6.07) is 15.4. The highest BCUT2D eigenvalue weighted by Crippen LogP contribution is 2.22. The van der Waals surface area contributed by atoms with Crippen LogP contribution in [0.2, 0.25) is 0 Å². The Bertz CT molecular complexity index is 966. The van der Waals surface area contributed by atoms with E-state index in [0.717, 1.165) is 21.5 Å². The fraction of sp³-hybridized carbons (Fsp3) is 0. The maximum Gasteiger partial charge on any atom is 0.139 e. The molecule has 3 rings (SSSR count). The Balaban J connectivity index is 2.86. The molecule has 0 aliphatic rings. The Hall–Kier alpha value is -3.11. The minimum atomic E-state index is 0.0351. The number of rotatable bonds is 0. The monoisotopic (exact) mass is 244 g/mol. The number of hydrogen-bond donors (Lipinski definition) is 1. The van der Waals surface area contributed by atoms with Gasteiger partial charge in [-0.25, -0.2) is 0 Å². The summed E-state index contributed by atoms with van der Waals surface area (Å²) in [7, 11) is 0. The Kier molecular flexibility index (Phi) is 2.30. The molecule has 0 fully saturated rings. The molecule has 19 heavy (non-hydrogen) atoms. The van der Waals surface area contributed by atoms with Gasteiger partial charge in [0.25, 0.3) is 0 Å². The van der Waals surface area contributed by atoms with Gasteiger partial charge in [-0.2, -0.15) is 15.6 Å². The van der Waals surface area contributed by atoms with Gasteiger partial charge in [0, 0.05) is 10.6 Å². The zero-order valence-corrected chi connectivity index (χ0v) is 9.88. The molecule has 0 radical (unpaired) electrons. The molecule has 0 aliphatic carbocycles. The van der Waals surface area contributed by atoms with E-state index >= 15 is 0 Å². The standard InChI is InChI=1S/C15H8N4/c16-7-10(8-17)14-11-5-1-3-9-4-2-6-12(13(9)11)15(14)19-18/h1-6H,18H2. The largest absolute Gasteiger partial charge is 0.323 e. The van der Waals surface area contributed by atoms with E-state index in [0.29, 0.717) is 10.6 Å². The summed E-state index contributed by atoms with van der Waals surface area (Å²) in [5.74, 6) is 5.46. The van der Waals surface area contributed by atoms with Crippen molar-refractivity contribution >= 4 is 27.1 Å². The third-order valence-corrected chi connectivity index (χ3v) is 3.27. The second kappa shape index (κ2) is 3.97. The van der Waals surface area contributed by atoms with Crippen LogP contribution in [0.1, 0.15) is 0 Å². The highest BCUT2D eigenvalue weighted by molar-refractivity contribution is 6.12. The van der Waals surface area contributed by atoms with E-state index in [2.05, 4.69) is 5.10 Å². The lowest BCUT2D eigenvalue weighted by Crippen LogP contribution is -2.25. The first kappa shape index (κ1) is 11.0. The van der Waals surface area contributed by atoms with Crippen LogP contribution in [-0.4, -0.2) is 0 Å². The first-order valence-electron chi connectivity index (χ1n) is 5.67. The highest BCUT2D eigenvalue weighted by atomic mass is 15.1. The van der Waals surface area contributed by atoms with E-state index in [9.17, 15) is 0 Å². The minimum absolute atomic E-state index is 0.0351. The summed E-state index contributed by atoms with van der Waals surface area (Å²) < 4.78 is 0. The molecule has 0 saturated heterocycles. The lowest BCUT2D eigenvalue weighted by Gasteiger charge is -1.96. The van der Waals surface area contributed by atoms with E-state index in [-0.39, 0.29) is 5.57 Å². The summed E-state index contributed by atoms with van der Waals surface area (Å²) in [6.45, 7) is 0. The van der Waals surface area contributed by atoms with Crippen molar-refractivity contribution in [2.24, 2.45) is 10.9 Å². The summed E-state index contributed by atoms with van der Waals surface area (Å²) >= 11 is 0. The van der Waals surface area contributed by atoms with Crippen molar-refractivity contribution in [1.29, 1.82) is 10.5 Å². The Morgan fingerprint density at radius 1 is 1.00 bits per heavy atom. The fourth-order valence-electron chi connectivity index (χ4n) is 2.53. The number of benzene rings is 2. The number of nitrogens with zero attached hydrogens (tertiary/aromatic N) is 3. The molecule has 0 aliphatic heterocycles. The van der Waals surface area contributed by atoms with Gasteiger partial charge in [0.05, 0.1) is 0 Å². The topological polar surface area (TPSA) is 86.0 Å². The quantitative estimate of drug-likeness (QED) is 0.475. The minimum Gasteiger partial charge on any atom is -0.323 e. The molecule has 0 heterocycles. The molecule has 4 nitrogen and oxygen atoms in total. The summed E-state index contributed by atoms with van der Waals surface area (Å²) in [4.78, 5) is 0. The van der Waals surface area contributed by atoms with Gasteiger partial charge in [-0.1, -0.05) is 36.4 Å². The maximum absolute atomic E-state index is 9.11. The van der Waals surface area contributed by atoms with Gasteiger partial charge in [0.2, 0.25) is 0 Å². The fourth-order valence-corrected chi connectivity index (χ4v) is 2.53. The maximum atomic E-state index is 9.11. The second-order valence-electron chi connectivity index (χ2n) is 4.16. The molecule has 3 aromatic carbocycles. The van der Waals surface area contributed by atoms with Gasteiger partial charge in [-0.05, 0) is 16.2 Å². The predicted octanol–water partition coefficient (Wildman–Crippen LogP) is 1.12. The van der Waals surface area contributed by atoms with Gasteiger partial charge < -0.3 is 5.84 Å². The molecular weight excluding hydrogens is 236 g/mol. The Morgan fingerprint density at radius 2 is 1.63 bits per heavy atom. The van der Waals surface area contributed by atoms with Crippen LogP contribution in [0.15, 0.2) is 41.5 Å². The molecule has 4 heteroatoms. The zero-order chi connectivity index (χ0) is 13.4. The van der Waals surface area contributed by atoms with Gasteiger partial charge in [-0.15, -0.1) is 0 Å². The SMILES string of the molecule is N#CC(C#N)=c1c(=NN)c2cccc3cccc1c32. The van der Waals surface area contributed by atoms with Crippen LogP contribution in [0.5, 0.6) is 0 Å². The first-order valence-corrected chi connectivity index (χ1v) is 5.67.